The molecule has 0 unspecified atom stereocenters. The molecule has 2 rings (SSSR count). The maximum absolute atomic E-state index is 12.3. The Bertz CT molecular complexity index is 479. The number of hydrogen-bond acceptors (Lipinski definition) is 4. The third kappa shape index (κ3) is 3.97. The second-order valence-corrected chi connectivity index (χ2v) is 6.34. The highest BCUT2D eigenvalue weighted by molar-refractivity contribution is 5.69. The highest BCUT2D eigenvalue weighted by Crippen LogP contribution is 2.33. The number of hydrogen-bond donors (Lipinski definition) is 0. The molecule has 1 saturated heterocycles. The molecule has 0 saturated carbocycles. The summed E-state index contributed by atoms with van der Waals surface area (Å²) in [4.78, 5) is 18.4. The van der Waals surface area contributed by atoms with Crippen LogP contribution in [0, 0.1) is 0 Å². The molecular weight excluding hydrogens is 270 g/mol. The van der Waals surface area contributed by atoms with Gasteiger partial charge in [-0.2, -0.15) is 0 Å². The fourth-order valence-electron chi connectivity index (χ4n) is 2.60. The van der Waals surface area contributed by atoms with E-state index in [1.807, 2.05) is 31.9 Å². The van der Waals surface area contributed by atoms with Gasteiger partial charge in [-0.1, -0.05) is 0 Å². The van der Waals surface area contributed by atoms with Crippen molar-refractivity contribution >= 4 is 6.09 Å². The van der Waals surface area contributed by atoms with Gasteiger partial charge in [0.15, 0.2) is 0 Å². The predicted molar refractivity (Wildman–Crippen MR) is 79.0 cm³/mol. The summed E-state index contributed by atoms with van der Waals surface area (Å²) in [5, 5.41) is 0. The second kappa shape index (κ2) is 6.47. The largest absolute Gasteiger partial charge is 0.444 e. The summed E-state index contributed by atoms with van der Waals surface area (Å²) in [5.41, 5.74) is 0.580. The van der Waals surface area contributed by atoms with Crippen LogP contribution in [0.15, 0.2) is 12.5 Å². The average Bonchev–Trinajstić information content (AvgIpc) is 3.02. The number of aromatic nitrogens is 2. The average molecular weight is 295 g/mol. The van der Waals surface area contributed by atoms with Crippen molar-refractivity contribution in [3.8, 4) is 0 Å². The standard InChI is InChI=1S/C15H25N3O3/c1-15(2,3)21-14(19)18-7-5-6-12(18)13-10-16-11-17(13)8-9-20-4/h10-12H,5-9H2,1-4H3/t12-/m0/s1. The topological polar surface area (TPSA) is 56.6 Å². The Morgan fingerprint density at radius 3 is 2.90 bits per heavy atom. The Morgan fingerprint density at radius 2 is 2.24 bits per heavy atom. The van der Waals surface area contributed by atoms with E-state index in [2.05, 4.69) is 9.55 Å². The van der Waals surface area contributed by atoms with Crippen molar-refractivity contribution in [1.29, 1.82) is 0 Å². The van der Waals surface area contributed by atoms with Gasteiger partial charge in [-0.15, -0.1) is 0 Å². The highest BCUT2D eigenvalue weighted by Gasteiger charge is 2.34. The molecule has 0 radical (unpaired) electrons. The molecule has 1 fully saturated rings. The van der Waals surface area contributed by atoms with Crippen molar-refractivity contribution in [3.05, 3.63) is 18.2 Å². The van der Waals surface area contributed by atoms with Crippen molar-refractivity contribution in [2.75, 3.05) is 20.3 Å². The molecule has 1 atom stereocenters. The quantitative estimate of drug-likeness (QED) is 0.856. The van der Waals surface area contributed by atoms with Gasteiger partial charge in [0.1, 0.15) is 5.60 Å². The summed E-state index contributed by atoms with van der Waals surface area (Å²) < 4.78 is 12.7. The number of amides is 1. The smallest absolute Gasteiger partial charge is 0.410 e. The number of methoxy groups -OCH3 is 1. The van der Waals surface area contributed by atoms with Gasteiger partial charge in [-0.25, -0.2) is 9.78 Å². The van der Waals surface area contributed by atoms with Crippen LogP contribution in [0.5, 0.6) is 0 Å². The molecule has 0 spiro atoms. The molecule has 0 N–H and O–H groups in total. The van der Waals surface area contributed by atoms with Crippen LogP contribution < -0.4 is 0 Å². The summed E-state index contributed by atoms with van der Waals surface area (Å²) in [6.07, 6.45) is 5.31. The zero-order valence-corrected chi connectivity index (χ0v) is 13.3. The van der Waals surface area contributed by atoms with E-state index in [9.17, 15) is 4.79 Å². The first-order valence-corrected chi connectivity index (χ1v) is 7.41. The zero-order chi connectivity index (χ0) is 15.5. The minimum absolute atomic E-state index is 0.0409. The Morgan fingerprint density at radius 1 is 1.48 bits per heavy atom. The van der Waals surface area contributed by atoms with E-state index in [4.69, 9.17) is 9.47 Å². The summed E-state index contributed by atoms with van der Waals surface area (Å²) in [6.45, 7) is 7.76. The number of carbonyl (C=O) groups is 1. The molecule has 2 heterocycles. The van der Waals surface area contributed by atoms with Crippen LogP contribution in [0.1, 0.15) is 45.3 Å². The van der Waals surface area contributed by atoms with Gasteiger partial charge in [0.2, 0.25) is 0 Å². The number of rotatable bonds is 4. The van der Waals surface area contributed by atoms with Crippen LogP contribution in [0.4, 0.5) is 4.79 Å². The Balaban J connectivity index is 2.11. The van der Waals surface area contributed by atoms with E-state index < -0.39 is 5.60 Å². The van der Waals surface area contributed by atoms with Crippen LogP contribution in [0.2, 0.25) is 0 Å². The molecule has 6 heteroatoms. The van der Waals surface area contributed by atoms with E-state index >= 15 is 0 Å². The summed E-state index contributed by atoms with van der Waals surface area (Å²) in [6, 6.07) is 0.0409. The van der Waals surface area contributed by atoms with Crippen LogP contribution in [-0.4, -0.2) is 46.4 Å². The number of likely N-dealkylation sites (tertiary alicyclic amines) is 1. The second-order valence-electron chi connectivity index (χ2n) is 6.34. The first kappa shape index (κ1) is 15.8. The lowest BCUT2D eigenvalue weighted by atomic mass is 10.1. The van der Waals surface area contributed by atoms with E-state index in [1.165, 1.54) is 0 Å². The van der Waals surface area contributed by atoms with Gasteiger partial charge in [0, 0.05) is 20.2 Å². The van der Waals surface area contributed by atoms with E-state index in [1.54, 1.807) is 13.4 Å². The van der Waals surface area contributed by atoms with Crippen LogP contribution in [-0.2, 0) is 16.0 Å². The lowest BCUT2D eigenvalue weighted by Gasteiger charge is -2.29. The lowest BCUT2D eigenvalue weighted by Crippen LogP contribution is -2.37. The van der Waals surface area contributed by atoms with Crippen molar-refractivity contribution in [2.45, 2.75) is 51.8 Å². The molecule has 0 aliphatic carbocycles. The maximum Gasteiger partial charge on any atom is 0.410 e. The third-order valence-corrected chi connectivity index (χ3v) is 3.50. The van der Waals surface area contributed by atoms with Crippen molar-refractivity contribution in [3.63, 3.8) is 0 Å². The molecule has 0 aromatic carbocycles. The van der Waals surface area contributed by atoms with Crippen LogP contribution in [0.3, 0.4) is 0 Å². The Hall–Kier alpha value is -1.56. The van der Waals surface area contributed by atoms with E-state index in [0.717, 1.165) is 31.6 Å². The number of carbonyl (C=O) groups excluding carboxylic acids is 1. The fraction of sp³-hybridized carbons (Fsp3) is 0.733. The zero-order valence-electron chi connectivity index (χ0n) is 13.3. The van der Waals surface area contributed by atoms with Crippen molar-refractivity contribution in [2.24, 2.45) is 0 Å². The van der Waals surface area contributed by atoms with Crippen LogP contribution in [0.25, 0.3) is 0 Å². The number of ether oxygens (including phenoxy) is 2. The molecule has 1 aromatic rings. The number of imidazole rings is 1. The van der Waals surface area contributed by atoms with Gasteiger partial charge < -0.3 is 14.0 Å². The highest BCUT2D eigenvalue weighted by atomic mass is 16.6. The molecule has 1 aliphatic heterocycles. The monoisotopic (exact) mass is 295 g/mol. The minimum atomic E-state index is -0.472. The molecule has 0 bridgehead atoms. The summed E-state index contributed by atoms with van der Waals surface area (Å²) >= 11 is 0. The summed E-state index contributed by atoms with van der Waals surface area (Å²) in [5.74, 6) is 0. The molecule has 21 heavy (non-hydrogen) atoms. The maximum atomic E-state index is 12.3. The number of nitrogens with zero attached hydrogens (tertiary/aromatic N) is 3. The first-order chi connectivity index (χ1) is 9.92. The molecule has 1 aliphatic rings. The molecular formula is C15H25N3O3. The van der Waals surface area contributed by atoms with Crippen molar-refractivity contribution in [1.82, 2.24) is 14.5 Å². The SMILES string of the molecule is COCCn1cncc1[C@@H]1CCCN1C(=O)OC(C)(C)C. The third-order valence-electron chi connectivity index (χ3n) is 3.50. The fourth-order valence-corrected chi connectivity index (χ4v) is 2.60. The van der Waals surface area contributed by atoms with Gasteiger partial charge in [-0.05, 0) is 33.6 Å². The van der Waals surface area contributed by atoms with E-state index in [-0.39, 0.29) is 12.1 Å². The molecule has 118 valence electrons. The molecule has 1 aromatic heterocycles. The van der Waals surface area contributed by atoms with E-state index in [0.29, 0.717) is 6.61 Å². The van der Waals surface area contributed by atoms with Gasteiger partial charge in [-0.3, -0.25) is 4.90 Å². The first-order valence-electron chi connectivity index (χ1n) is 7.41. The van der Waals surface area contributed by atoms with Gasteiger partial charge in [0.25, 0.3) is 0 Å². The van der Waals surface area contributed by atoms with Gasteiger partial charge in [0.05, 0.1) is 30.9 Å². The Labute approximate surface area is 126 Å². The van der Waals surface area contributed by atoms with Crippen molar-refractivity contribution < 1.29 is 14.3 Å². The summed E-state index contributed by atoms with van der Waals surface area (Å²) in [7, 11) is 1.68. The predicted octanol–water partition coefficient (Wildman–Crippen LogP) is 2.60. The lowest BCUT2D eigenvalue weighted by molar-refractivity contribution is 0.0218. The Kier molecular flexibility index (Phi) is 4.88. The minimum Gasteiger partial charge on any atom is -0.444 e. The normalized spacial score (nSPS) is 19.0. The van der Waals surface area contributed by atoms with Crippen LogP contribution >= 0.6 is 0 Å². The molecule has 6 nitrogen and oxygen atoms in total. The molecule has 1 amide bonds. The van der Waals surface area contributed by atoms with Gasteiger partial charge >= 0.3 is 6.09 Å².